The Morgan fingerprint density at radius 2 is 0.673 bits per heavy atom. The van der Waals surface area contributed by atoms with E-state index in [-0.39, 0.29) is 0 Å². The Kier molecular flexibility index (Phi) is 13.6. The Morgan fingerprint density at radius 1 is 0.230 bits per heavy atom. The van der Waals surface area contributed by atoms with Crippen LogP contribution in [0.25, 0.3) is 230 Å². The van der Waals surface area contributed by atoms with Crippen molar-refractivity contribution in [1.29, 1.82) is 0 Å². The maximum Gasteiger partial charge on any atom is 0.0555 e. The highest BCUT2D eigenvalue weighted by Crippen LogP contribution is 2.51. The van der Waals surface area contributed by atoms with Gasteiger partial charge >= 0.3 is 0 Å². The molecule has 8 aromatic heterocycles. The molecule has 8 heteroatoms. The van der Waals surface area contributed by atoms with Crippen molar-refractivity contribution in [2.75, 3.05) is 0 Å². The summed E-state index contributed by atoms with van der Waals surface area (Å²) in [5.74, 6) is 0. The first-order chi connectivity index (χ1) is 56.0. The molecule has 0 aliphatic heterocycles. The fourth-order valence-corrected chi connectivity index (χ4v) is 23.0. The lowest BCUT2D eigenvalue weighted by Gasteiger charge is -2.11. The average molecular weight is 1490 g/mol. The molecule has 0 bridgehead atoms. The van der Waals surface area contributed by atoms with Gasteiger partial charge in [-0.1, -0.05) is 249 Å². The summed E-state index contributed by atoms with van der Waals surface area (Å²) in [6.45, 7) is 0. The van der Waals surface area contributed by atoms with Crippen molar-refractivity contribution in [2.45, 2.75) is 6.42 Å². The van der Waals surface area contributed by atoms with Crippen molar-refractivity contribution in [2.24, 2.45) is 0 Å². The molecule has 1 aliphatic rings. The summed E-state index contributed by atoms with van der Waals surface area (Å²) >= 11 is 5.76. The molecule has 5 nitrogen and oxygen atoms in total. The van der Waals surface area contributed by atoms with Gasteiger partial charge in [-0.2, -0.15) is 0 Å². The summed E-state index contributed by atoms with van der Waals surface area (Å²) in [6, 6.07) is 131. The highest BCUT2D eigenvalue weighted by molar-refractivity contribution is 7.27. The van der Waals surface area contributed by atoms with Gasteiger partial charge in [0.1, 0.15) is 0 Å². The second kappa shape index (κ2) is 24.3. The molecule has 526 valence electrons. The summed E-state index contributed by atoms with van der Waals surface area (Å²) in [6.07, 6.45) is 1.03. The van der Waals surface area contributed by atoms with Gasteiger partial charge in [0.2, 0.25) is 0 Å². The van der Waals surface area contributed by atoms with E-state index in [1.54, 1.807) is 0 Å². The van der Waals surface area contributed by atoms with E-state index in [0.29, 0.717) is 0 Å². The van der Waals surface area contributed by atoms with Crippen LogP contribution >= 0.6 is 34.0 Å². The van der Waals surface area contributed by atoms with Crippen LogP contribution < -0.4 is 0 Å². The highest BCUT2D eigenvalue weighted by Gasteiger charge is 2.26. The van der Waals surface area contributed by atoms with Crippen LogP contribution in [0.2, 0.25) is 0 Å². The lowest BCUT2D eigenvalue weighted by Crippen LogP contribution is -1.94. The molecule has 0 radical (unpaired) electrons. The van der Waals surface area contributed by atoms with Crippen LogP contribution in [-0.4, -0.2) is 23.7 Å². The number of rotatable bonds is 4. The Morgan fingerprint density at radius 3 is 1.28 bits per heavy atom. The second-order valence-electron chi connectivity index (χ2n) is 30.3. The number of aromatic nitrogens is 5. The van der Waals surface area contributed by atoms with Crippen LogP contribution in [0.15, 0.2) is 358 Å². The van der Waals surface area contributed by atoms with E-state index in [4.69, 9.17) is 0 Å². The third-order valence-corrected chi connectivity index (χ3v) is 27.8. The van der Waals surface area contributed by atoms with Gasteiger partial charge in [-0.05, 0) is 160 Å². The Hall–Kier alpha value is -13.9. The van der Waals surface area contributed by atoms with Gasteiger partial charge in [-0.25, -0.2) is 0 Å². The van der Waals surface area contributed by atoms with Gasteiger partial charge in [0, 0.05) is 159 Å². The summed E-state index contributed by atoms with van der Waals surface area (Å²) in [7, 11) is 0. The molecule has 8 heterocycles. The zero-order valence-electron chi connectivity index (χ0n) is 60.8. The number of nitrogens with zero attached hydrogens (tertiary/aromatic N) is 3. The minimum Gasteiger partial charge on any atom is -0.354 e. The van der Waals surface area contributed by atoms with Crippen molar-refractivity contribution in [3.63, 3.8) is 0 Å². The smallest absolute Gasteiger partial charge is 0.0555 e. The SMILES string of the molecule is c1ccc(-c2ccc(-n3c4ccccc4c4cc5c(cc43)sc3c4c(ccc35)Cc3ccccc3-4)cc2)cc1.c1ccc2c(-n3c4ccccc4c4cc5c(cc43)sc3c5ccc4[nH]c5ccccc5c43)cccc2c1.c1ccc2cc(-n3c4ccccc4c4cc5c(cc43)sc3c5ccc4[nH]c5ccccc5c43)ccc2c1. The maximum absolute atomic E-state index is 3.62. The third kappa shape index (κ3) is 9.43. The molecular weight excluding hydrogens is 1430 g/mol. The van der Waals surface area contributed by atoms with Crippen LogP contribution in [0.4, 0.5) is 0 Å². The Bertz CT molecular complexity index is 8530. The van der Waals surface area contributed by atoms with Gasteiger partial charge in [0.25, 0.3) is 0 Å². The number of fused-ring (bicyclic) bond motifs is 32. The van der Waals surface area contributed by atoms with Crippen LogP contribution in [0.1, 0.15) is 11.1 Å². The molecule has 113 heavy (non-hydrogen) atoms. The number of hydrogen-bond donors (Lipinski definition) is 2. The van der Waals surface area contributed by atoms with Gasteiger partial charge in [-0.15, -0.1) is 34.0 Å². The summed E-state index contributed by atoms with van der Waals surface area (Å²) in [4.78, 5) is 7.23. The van der Waals surface area contributed by atoms with Crippen molar-refractivity contribution < 1.29 is 0 Å². The molecule has 26 aromatic rings. The van der Waals surface area contributed by atoms with E-state index in [2.05, 4.69) is 382 Å². The molecular formula is C105H63N5S3. The number of para-hydroxylation sites is 5. The molecule has 0 unspecified atom stereocenters. The first kappa shape index (κ1) is 63.0. The van der Waals surface area contributed by atoms with Crippen molar-refractivity contribution >= 4 is 225 Å². The molecule has 0 spiro atoms. The first-order valence-corrected chi connectivity index (χ1v) is 41.2. The average Bonchev–Trinajstić information content (AvgIpc) is 1.57. The van der Waals surface area contributed by atoms with Gasteiger partial charge in [-0.3, -0.25) is 0 Å². The van der Waals surface area contributed by atoms with Gasteiger partial charge < -0.3 is 23.7 Å². The minimum absolute atomic E-state index is 1.03. The fraction of sp³-hybridized carbons (Fsp3) is 0.00952. The predicted octanol–water partition coefficient (Wildman–Crippen LogP) is 30.3. The first-order valence-electron chi connectivity index (χ1n) is 38.7. The molecule has 0 saturated heterocycles. The van der Waals surface area contributed by atoms with Gasteiger partial charge in [0.05, 0.1) is 38.8 Å². The Labute approximate surface area is 658 Å². The molecule has 0 saturated carbocycles. The topological polar surface area (TPSA) is 46.4 Å². The summed E-state index contributed by atoms with van der Waals surface area (Å²) in [5, 5.41) is 26.2. The van der Waals surface area contributed by atoms with E-state index < -0.39 is 0 Å². The van der Waals surface area contributed by atoms with E-state index >= 15 is 0 Å². The number of H-pyrrole nitrogens is 2. The van der Waals surface area contributed by atoms with Crippen molar-refractivity contribution in [3.05, 3.63) is 369 Å². The zero-order valence-corrected chi connectivity index (χ0v) is 63.3. The summed E-state index contributed by atoms with van der Waals surface area (Å²) in [5.41, 5.74) is 24.2. The molecule has 0 atom stereocenters. The van der Waals surface area contributed by atoms with E-state index in [1.807, 2.05) is 34.0 Å². The standard InChI is InChI=1S/C37H23NS.2C34H20N2S/c1-2-8-23(9-3-1)24-14-17-27(18-15-24)38-33-13-7-6-12-29(33)31-21-32-30-19-16-26-20-25-10-4-5-11-28(25)36(26)37(30)39-35(32)22-34(31)38;1-2-10-21-20(8-1)9-7-15-29(21)36-30-14-6-4-11-22(30)25-18-26-23-16-17-28-33(24-12-3-5-13-27(24)35-28)34(23)37-32(26)19-31(25)36;1-2-8-21-17-22(14-13-20(21)7-1)36-30-12-6-4-9-23(30)26-18-27-24-15-16-29-33(25-10-3-5-11-28(25)35-29)34(24)37-32(27)19-31(26)36/h1-19,21-22H,20H2;2*1-19,35H. The third-order valence-electron chi connectivity index (χ3n) is 24.2. The molecule has 2 N–H and O–H groups in total. The van der Waals surface area contributed by atoms with Crippen LogP contribution in [0.3, 0.4) is 0 Å². The number of benzene rings is 18. The van der Waals surface area contributed by atoms with Crippen LogP contribution in [0.5, 0.6) is 0 Å². The molecule has 18 aromatic carbocycles. The van der Waals surface area contributed by atoms with Gasteiger partial charge in [0.15, 0.2) is 0 Å². The number of nitrogens with one attached hydrogen (secondary N) is 2. The summed E-state index contributed by atoms with van der Waals surface area (Å²) < 4.78 is 15.5. The monoisotopic (exact) mass is 1490 g/mol. The molecule has 0 amide bonds. The number of hydrogen-bond acceptors (Lipinski definition) is 3. The lowest BCUT2D eigenvalue weighted by atomic mass is 10.0. The number of thiophene rings is 3. The zero-order chi connectivity index (χ0) is 73.7. The van der Waals surface area contributed by atoms with E-state index in [9.17, 15) is 0 Å². The molecule has 27 rings (SSSR count). The van der Waals surface area contributed by atoms with E-state index in [0.717, 1.165) is 6.42 Å². The van der Waals surface area contributed by atoms with Crippen LogP contribution in [-0.2, 0) is 6.42 Å². The fourth-order valence-electron chi connectivity index (χ4n) is 19.1. The quantitative estimate of drug-likeness (QED) is 0.176. The van der Waals surface area contributed by atoms with Crippen molar-refractivity contribution in [3.8, 4) is 39.3 Å². The molecule has 1 aliphatic carbocycles. The predicted molar refractivity (Wildman–Crippen MR) is 488 cm³/mol. The normalized spacial score (nSPS) is 12.4. The molecule has 0 fully saturated rings. The second-order valence-corrected chi connectivity index (χ2v) is 33.4. The maximum atomic E-state index is 3.62. The highest BCUT2D eigenvalue weighted by atomic mass is 32.1. The largest absolute Gasteiger partial charge is 0.354 e. The van der Waals surface area contributed by atoms with Crippen molar-refractivity contribution in [1.82, 2.24) is 23.7 Å². The van der Waals surface area contributed by atoms with Crippen LogP contribution in [0, 0.1) is 0 Å². The van der Waals surface area contributed by atoms with E-state index in [1.165, 1.54) is 242 Å². The minimum atomic E-state index is 1.03. The number of aromatic amines is 2. The Balaban J connectivity index is 0.0000000959. The lowest BCUT2D eigenvalue weighted by molar-refractivity contribution is 1.18.